The number of hydrogen-bond donors (Lipinski definition) is 3. The number of carbonyl (C=O) groups is 1. The number of nitrogens with zero attached hydrogens (tertiary/aromatic N) is 2. The van der Waals surface area contributed by atoms with Gasteiger partial charge in [-0.25, -0.2) is 14.4 Å². The van der Waals surface area contributed by atoms with Crippen LogP contribution in [-0.4, -0.2) is 42.7 Å². The average molecular weight is 512 g/mol. The van der Waals surface area contributed by atoms with E-state index >= 15 is 4.39 Å². The molecule has 0 saturated heterocycles. The fourth-order valence-electron chi connectivity index (χ4n) is 4.68. The Morgan fingerprint density at radius 1 is 1.22 bits per heavy atom. The van der Waals surface area contributed by atoms with E-state index in [0.717, 1.165) is 36.9 Å². The molecule has 7 nitrogen and oxygen atoms in total. The van der Waals surface area contributed by atoms with Crippen molar-refractivity contribution in [2.75, 3.05) is 26.4 Å². The number of carbonyl (C=O) groups excluding carboxylic acids is 1. The molecule has 1 atom stereocenters. The number of anilines is 1. The Hall–Kier alpha value is -3.07. The second kappa shape index (κ2) is 11.8. The molecule has 190 valence electrons. The minimum atomic E-state index is -0.661. The first-order valence-corrected chi connectivity index (χ1v) is 12.4. The molecule has 4 N–H and O–H groups in total. The molecule has 0 unspecified atom stereocenters. The van der Waals surface area contributed by atoms with Crippen LogP contribution in [-0.2, 0) is 4.74 Å². The Kier molecular flexibility index (Phi) is 8.51. The van der Waals surface area contributed by atoms with Crippen molar-refractivity contribution < 1.29 is 13.9 Å². The highest BCUT2D eigenvalue weighted by molar-refractivity contribution is 6.30. The largest absolute Gasteiger partial charge is 0.382 e. The normalized spacial score (nSPS) is 18.6. The molecule has 0 bridgehead atoms. The number of methoxy groups -OCH3 is 1. The molecule has 1 aromatic heterocycles. The van der Waals surface area contributed by atoms with E-state index in [0.29, 0.717) is 22.8 Å². The third-order valence-corrected chi connectivity index (χ3v) is 6.93. The molecule has 3 aromatic rings. The maximum Gasteiger partial charge on any atom is 0.254 e. The lowest BCUT2D eigenvalue weighted by atomic mass is 9.85. The quantitative estimate of drug-likeness (QED) is 0.398. The zero-order valence-electron chi connectivity index (χ0n) is 20.4. The summed E-state index contributed by atoms with van der Waals surface area (Å²) in [6.45, 7) is 0.455. The number of nitrogens with one attached hydrogen (secondary N) is 2. The number of benzene rings is 2. The van der Waals surface area contributed by atoms with Gasteiger partial charge in [0.1, 0.15) is 17.3 Å². The Balaban J connectivity index is 1.54. The van der Waals surface area contributed by atoms with E-state index in [9.17, 15) is 4.79 Å². The minimum absolute atomic E-state index is 0.0672. The molecule has 1 aliphatic rings. The molecule has 0 spiro atoms. The average Bonchev–Trinajstić information content (AvgIpc) is 2.88. The van der Waals surface area contributed by atoms with Crippen molar-refractivity contribution >= 4 is 23.3 Å². The summed E-state index contributed by atoms with van der Waals surface area (Å²) < 4.78 is 20.6. The summed E-state index contributed by atoms with van der Waals surface area (Å²) in [6.07, 6.45) is 5.80. The van der Waals surface area contributed by atoms with Crippen molar-refractivity contribution in [3.63, 3.8) is 0 Å². The first-order chi connectivity index (χ1) is 17.4. The Labute approximate surface area is 215 Å². The van der Waals surface area contributed by atoms with Crippen molar-refractivity contribution in [2.24, 2.45) is 0 Å². The third-order valence-electron chi connectivity index (χ3n) is 6.70. The number of nitrogens with two attached hydrogens (primary N) is 1. The van der Waals surface area contributed by atoms with Crippen LogP contribution in [0, 0.1) is 5.82 Å². The van der Waals surface area contributed by atoms with E-state index in [4.69, 9.17) is 27.1 Å². The summed E-state index contributed by atoms with van der Waals surface area (Å²) in [7, 11) is 3.52. The lowest BCUT2D eigenvalue weighted by Gasteiger charge is -2.27. The number of likely N-dealkylation sites (N-methyl/N-ethyl adjacent to an activating group) is 1. The van der Waals surface area contributed by atoms with Gasteiger partial charge in [-0.15, -0.1) is 0 Å². The molecule has 1 heterocycles. The van der Waals surface area contributed by atoms with Crippen molar-refractivity contribution in [3.8, 4) is 11.3 Å². The Morgan fingerprint density at radius 3 is 2.67 bits per heavy atom. The highest BCUT2D eigenvalue weighted by Gasteiger charge is 2.25. The molecular weight excluding hydrogens is 481 g/mol. The topological polar surface area (TPSA) is 102 Å². The summed E-state index contributed by atoms with van der Waals surface area (Å²) in [5.41, 5.74) is 8.59. The predicted molar refractivity (Wildman–Crippen MR) is 139 cm³/mol. The van der Waals surface area contributed by atoms with Crippen molar-refractivity contribution in [3.05, 3.63) is 76.3 Å². The zero-order chi connectivity index (χ0) is 25.7. The van der Waals surface area contributed by atoms with Gasteiger partial charge in [-0.3, -0.25) is 4.79 Å². The maximum atomic E-state index is 15.2. The molecule has 36 heavy (non-hydrogen) atoms. The van der Waals surface area contributed by atoms with E-state index in [-0.39, 0.29) is 29.4 Å². The molecule has 4 rings (SSSR count). The SMILES string of the molecule is CNC[C@@H](NC(=O)c1ccc(-c2nc([C@H]3CC[C@H](OC)CC3)cnc2N)cc1F)c1cccc(Cl)c1. The van der Waals surface area contributed by atoms with Gasteiger partial charge >= 0.3 is 0 Å². The van der Waals surface area contributed by atoms with Crippen LogP contribution >= 0.6 is 11.6 Å². The van der Waals surface area contributed by atoms with Gasteiger partial charge in [-0.1, -0.05) is 29.8 Å². The first kappa shape index (κ1) is 26.0. The second-order valence-corrected chi connectivity index (χ2v) is 9.51. The number of halogens is 2. The van der Waals surface area contributed by atoms with Crippen LogP contribution < -0.4 is 16.4 Å². The van der Waals surface area contributed by atoms with E-state index in [1.54, 1.807) is 38.6 Å². The minimum Gasteiger partial charge on any atom is -0.382 e. The van der Waals surface area contributed by atoms with Crippen LogP contribution in [0.2, 0.25) is 5.02 Å². The first-order valence-electron chi connectivity index (χ1n) is 12.1. The fraction of sp³-hybridized carbons (Fsp3) is 0.370. The van der Waals surface area contributed by atoms with Gasteiger partial charge in [-0.05, 0) is 62.6 Å². The smallest absolute Gasteiger partial charge is 0.254 e. The lowest BCUT2D eigenvalue weighted by Crippen LogP contribution is -2.35. The summed E-state index contributed by atoms with van der Waals surface area (Å²) >= 11 is 6.11. The van der Waals surface area contributed by atoms with Crippen LogP contribution in [0.4, 0.5) is 10.2 Å². The van der Waals surface area contributed by atoms with Crippen molar-refractivity contribution in [1.82, 2.24) is 20.6 Å². The van der Waals surface area contributed by atoms with E-state index in [2.05, 4.69) is 15.6 Å². The third kappa shape index (κ3) is 6.00. The van der Waals surface area contributed by atoms with E-state index in [1.807, 2.05) is 12.1 Å². The van der Waals surface area contributed by atoms with Crippen molar-refractivity contribution in [2.45, 2.75) is 43.7 Å². The number of amides is 1. The van der Waals surface area contributed by atoms with Gasteiger partial charge in [0.2, 0.25) is 0 Å². The molecule has 0 aliphatic heterocycles. The molecule has 0 radical (unpaired) electrons. The monoisotopic (exact) mass is 511 g/mol. The molecule has 1 amide bonds. The van der Waals surface area contributed by atoms with E-state index in [1.165, 1.54) is 12.1 Å². The van der Waals surface area contributed by atoms with Gasteiger partial charge in [0.15, 0.2) is 0 Å². The summed E-state index contributed by atoms with van der Waals surface area (Å²) in [5.74, 6) is -0.710. The Bertz CT molecular complexity index is 1220. The van der Waals surface area contributed by atoms with Gasteiger partial charge in [0.25, 0.3) is 5.91 Å². The van der Waals surface area contributed by atoms with Gasteiger partial charge < -0.3 is 21.1 Å². The van der Waals surface area contributed by atoms with Gasteiger partial charge in [0.05, 0.1) is 29.6 Å². The highest BCUT2D eigenvalue weighted by atomic mass is 35.5. The van der Waals surface area contributed by atoms with Crippen LogP contribution in [0.1, 0.15) is 59.3 Å². The van der Waals surface area contributed by atoms with Gasteiger partial charge in [0, 0.05) is 30.2 Å². The second-order valence-electron chi connectivity index (χ2n) is 9.07. The molecule has 1 saturated carbocycles. The molecular formula is C27H31ClFN5O2. The predicted octanol–water partition coefficient (Wildman–Crippen LogP) is 4.88. The van der Waals surface area contributed by atoms with Gasteiger partial charge in [-0.2, -0.15) is 0 Å². The number of hydrogen-bond acceptors (Lipinski definition) is 6. The number of nitrogen functional groups attached to an aromatic ring is 1. The molecule has 9 heteroatoms. The van der Waals surface area contributed by atoms with Crippen molar-refractivity contribution in [1.29, 1.82) is 0 Å². The van der Waals surface area contributed by atoms with E-state index < -0.39 is 11.7 Å². The van der Waals surface area contributed by atoms with Crippen LogP contribution in [0.15, 0.2) is 48.7 Å². The molecule has 2 aromatic carbocycles. The Morgan fingerprint density at radius 2 is 2.00 bits per heavy atom. The standard InChI is InChI=1S/C27H31ClFN5O2/c1-31-14-23(17-4-3-5-19(28)12-17)34-27(35)21-11-8-18(13-22(21)29)25-26(30)32-15-24(33-25)16-6-9-20(36-2)10-7-16/h3-5,8,11-13,15-16,20,23,31H,6-7,9-10,14H2,1-2H3,(H2,30,32)(H,34,35)/t16-,20-,23-/m1/s1. The zero-order valence-corrected chi connectivity index (χ0v) is 21.2. The molecule has 1 fully saturated rings. The summed E-state index contributed by atoms with van der Waals surface area (Å²) in [5, 5.41) is 6.49. The number of ether oxygens (including phenoxy) is 1. The van der Waals surface area contributed by atoms with Crippen LogP contribution in [0.3, 0.4) is 0 Å². The highest BCUT2D eigenvalue weighted by Crippen LogP contribution is 2.34. The van der Waals surface area contributed by atoms with Crippen LogP contribution in [0.25, 0.3) is 11.3 Å². The number of aromatic nitrogens is 2. The number of rotatable bonds is 8. The lowest BCUT2D eigenvalue weighted by molar-refractivity contribution is 0.0655. The summed E-state index contributed by atoms with van der Waals surface area (Å²) in [4.78, 5) is 22.0. The summed E-state index contributed by atoms with van der Waals surface area (Å²) in [6, 6.07) is 11.2. The maximum absolute atomic E-state index is 15.2. The molecule has 1 aliphatic carbocycles. The fourth-order valence-corrected chi connectivity index (χ4v) is 4.88. The van der Waals surface area contributed by atoms with Crippen LogP contribution in [0.5, 0.6) is 0 Å².